The van der Waals surface area contributed by atoms with Crippen LogP contribution in [0.3, 0.4) is 0 Å². The van der Waals surface area contributed by atoms with E-state index < -0.39 is 0 Å². The van der Waals surface area contributed by atoms with Crippen molar-refractivity contribution in [3.63, 3.8) is 0 Å². The van der Waals surface area contributed by atoms with Gasteiger partial charge in [-0.15, -0.1) is 0 Å². The minimum Gasteiger partial charge on any atom is -0.366 e. The summed E-state index contributed by atoms with van der Waals surface area (Å²) in [6, 6.07) is 10.3. The molecule has 0 saturated heterocycles. The van der Waals surface area contributed by atoms with E-state index in [2.05, 4.69) is 65.6 Å². The first-order valence-electron chi connectivity index (χ1n) is 7.42. The van der Waals surface area contributed by atoms with Crippen LogP contribution in [-0.2, 0) is 6.54 Å². The molecule has 0 aliphatic carbocycles. The number of benzene rings is 1. The molecule has 2 rings (SSSR count). The Kier molecular flexibility index (Phi) is 5.14. The van der Waals surface area contributed by atoms with Crippen molar-refractivity contribution in [2.45, 2.75) is 34.2 Å². The standard InChI is InChI=1S/C17H24N4/c1-12(2)10-19-17-20-14(4)9-16(21-17)18-11-15-8-6-5-7-13(15)3/h5-9,12H,10-11H2,1-4H3,(H2,18,19,20,21). The monoisotopic (exact) mass is 284 g/mol. The SMILES string of the molecule is Cc1cc(NCc2ccccc2C)nc(NCC(C)C)n1. The Balaban J connectivity index is 2.04. The van der Waals surface area contributed by atoms with Gasteiger partial charge in [0.25, 0.3) is 0 Å². The molecule has 4 nitrogen and oxygen atoms in total. The number of aryl methyl sites for hydroxylation is 2. The smallest absolute Gasteiger partial charge is 0.224 e. The van der Waals surface area contributed by atoms with E-state index in [1.807, 2.05) is 13.0 Å². The molecule has 1 aromatic heterocycles. The highest BCUT2D eigenvalue weighted by Gasteiger charge is 2.04. The van der Waals surface area contributed by atoms with Gasteiger partial charge in [-0.05, 0) is 30.9 Å². The molecule has 0 radical (unpaired) electrons. The molecule has 1 heterocycles. The molecule has 0 aliphatic rings. The highest BCUT2D eigenvalue weighted by Crippen LogP contribution is 2.13. The van der Waals surface area contributed by atoms with E-state index >= 15 is 0 Å². The van der Waals surface area contributed by atoms with Crippen LogP contribution in [0, 0.1) is 19.8 Å². The Morgan fingerprint density at radius 2 is 1.81 bits per heavy atom. The molecule has 0 spiro atoms. The summed E-state index contributed by atoms with van der Waals surface area (Å²) in [4.78, 5) is 8.93. The zero-order valence-electron chi connectivity index (χ0n) is 13.3. The van der Waals surface area contributed by atoms with E-state index in [0.717, 1.165) is 24.6 Å². The molecule has 0 unspecified atom stereocenters. The molecule has 0 atom stereocenters. The summed E-state index contributed by atoms with van der Waals surface area (Å²) in [5.41, 5.74) is 3.53. The van der Waals surface area contributed by atoms with Gasteiger partial charge >= 0.3 is 0 Å². The molecule has 0 amide bonds. The third-order valence-electron chi connectivity index (χ3n) is 3.24. The lowest BCUT2D eigenvalue weighted by Gasteiger charge is -2.12. The lowest BCUT2D eigenvalue weighted by molar-refractivity contribution is 0.684. The summed E-state index contributed by atoms with van der Waals surface area (Å²) in [5, 5.41) is 6.65. The summed E-state index contributed by atoms with van der Waals surface area (Å²) < 4.78 is 0. The Morgan fingerprint density at radius 1 is 1.05 bits per heavy atom. The van der Waals surface area contributed by atoms with Crippen LogP contribution < -0.4 is 10.6 Å². The summed E-state index contributed by atoms with van der Waals surface area (Å²) in [6.45, 7) is 10.1. The Bertz CT molecular complexity index is 593. The van der Waals surface area contributed by atoms with Crippen molar-refractivity contribution in [2.24, 2.45) is 5.92 Å². The normalized spacial score (nSPS) is 10.7. The van der Waals surface area contributed by atoms with Crippen molar-refractivity contribution >= 4 is 11.8 Å². The Morgan fingerprint density at radius 3 is 2.52 bits per heavy atom. The molecule has 4 heteroatoms. The van der Waals surface area contributed by atoms with Crippen LogP contribution in [0.4, 0.5) is 11.8 Å². The summed E-state index contributed by atoms with van der Waals surface area (Å²) in [6.07, 6.45) is 0. The van der Waals surface area contributed by atoms with Crippen molar-refractivity contribution in [3.05, 3.63) is 47.2 Å². The van der Waals surface area contributed by atoms with E-state index in [0.29, 0.717) is 11.9 Å². The first-order chi connectivity index (χ1) is 10.0. The second-order valence-electron chi connectivity index (χ2n) is 5.77. The number of rotatable bonds is 6. The summed E-state index contributed by atoms with van der Waals surface area (Å²) >= 11 is 0. The van der Waals surface area contributed by atoms with Crippen LogP contribution in [0.1, 0.15) is 30.7 Å². The number of nitrogens with one attached hydrogen (secondary N) is 2. The van der Waals surface area contributed by atoms with E-state index in [9.17, 15) is 0 Å². The quantitative estimate of drug-likeness (QED) is 0.847. The van der Waals surface area contributed by atoms with Crippen molar-refractivity contribution in [3.8, 4) is 0 Å². The van der Waals surface area contributed by atoms with E-state index in [1.54, 1.807) is 0 Å². The van der Waals surface area contributed by atoms with E-state index in [1.165, 1.54) is 11.1 Å². The predicted molar refractivity (Wildman–Crippen MR) is 88.6 cm³/mol. The zero-order valence-corrected chi connectivity index (χ0v) is 13.3. The second-order valence-corrected chi connectivity index (χ2v) is 5.77. The van der Waals surface area contributed by atoms with Gasteiger partial charge in [0.2, 0.25) is 5.95 Å². The summed E-state index contributed by atoms with van der Waals surface area (Å²) in [5.74, 6) is 2.12. The van der Waals surface area contributed by atoms with Gasteiger partial charge in [-0.3, -0.25) is 0 Å². The van der Waals surface area contributed by atoms with Gasteiger partial charge in [-0.2, -0.15) is 4.98 Å². The van der Waals surface area contributed by atoms with Crippen molar-refractivity contribution in [2.75, 3.05) is 17.2 Å². The largest absolute Gasteiger partial charge is 0.366 e. The lowest BCUT2D eigenvalue weighted by Crippen LogP contribution is -2.12. The van der Waals surface area contributed by atoms with Gasteiger partial charge in [0, 0.05) is 24.8 Å². The van der Waals surface area contributed by atoms with Gasteiger partial charge < -0.3 is 10.6 Å². The van der Waals surface area contributed by atoms with Crippen molar-refractivity contribution in [1.29, 1.82) is 0 Å². The molecule has 0 bridgehead atoms. The molecule has 112 valence electrons. The van der Waals surface area contributed by atoms with Gasteiger partial charge in [0.15, 0.2) is 0 Å². The van der Waals surface area contributed by atoms with Crippen molar-refractivity contribution < 1.29 is 0 Å². The molecular formula is C17H24N4. The average Bonchev–Trinajstić information content (AvgIpc) is 2.44. The van der Waals surface area contributed by atoms with Crippen LogP contribution >= 0.6 is 0 Å². The van der Waals surface area contributed by atoms with Gasteiger partial charge in [-0.25, -0.2) is 4.98 Å². The molecule has 2 aromatic rings. The highest BCUT2D eigenvalue weighted by atomic mass is 15.1. The number of hydrogen-bond donors (Lipinski definition) is 2. The van der Waals surface area contributed by atoms with Gasteiger partial charge in [0.1, 0.15) is 5.82 Å². The number of aromatic nitrogens is 2. The predicted octanol–water partition coefficient (Wildman–Crippen LogP) is 3.77. The zero-order chi connectivity index (χ0) is 15.2. The fourth-order valence-electron chi connectivity index (χ4n) is 2.03. The van der Waals surface area contributed by atoms with Gasteiger partial charge in [-0.1, -0.05) is 38.1 Å². The fraction of sp³-hybridized carbons (Fsp3) is 0.412. The van der Waals surface area contributed by atoms with Crippen LogP contribution in [0.25, 0.3) is 0 Å². The van der Waals surface area contributed by atoms with Crippen LogP contribution in [0.2, 0.25) is 0 Å². The first kappa shape index (κ1) is 15.3. The van der Waals surface area contributed by atoms with Crippen LogP contribution in [0.5, 0.6) is 0 Å². The highest BCUT2D eigenvalue weighted by molar-refractivity contribution is 5.43. The molecule has 21 heavy (non-hydrogen) atoms. The molecule has 0 aliphatic heterocycles. The minimum atomic E-state index is 0.567. The third kappa shape index (κ3) is 4.74. The average molecular weight is 284 g/mol. The molecule has 0 fully saturated rings. The molecule has 0 saturated carbocycles. The number of hydrogen-bond acceptors (Lipinski definition) is 4. The van der Waals surface area contributed by atoms with Crippen LogP contribution in [0.15, 0.2) is 30.3 Å². The molecule has 2 N–H and O–H groups in total. The van der Waals surface area contributed by atoms with E-state index in [-0.39, 0.29) is 0 Å². The molecule has 1 aromatic carbocycles. The fourth-order valence-corrected chi connectivity index (χ4v) is 2.03. The van der Waals surface area contributed by atoms with Crippen molar-refractivity contribution in [1.82, 2.24) is 9.97 Å². The molecular weight excluding hydrogens is 260 g/mol. The van der Waals surface area contributed by atoms with E-state index in [4.69, 9.17) is 0 Å². The van der Waals surface area contributed by atoms with Gasteiger partial charge in [0.05, 0.1) is 0 Å². The second kappa shape index (κ2) is 7.07. The number of nitrogens with zero attached hydrogens (tertiary/aromatic N) is 2. The third-order valence-corrected chi connectivity index (χ3v) is 3.24. The minimum absolute atomic E-state index is 0.567. The first-order valence-corrected chi connectivity index (χ1v) is 7.42. The summed E-state index contributed by atoms with van der Waals surface area (Å²) in [7, 11) is 0. The maximum Gasteiger partial charge on any atom is 0.224 e. The Hall–Kier alpha value is -2.10. The Labute approximate surface area is 127 Å². The number of anilines is 2. The maximum absolute atomic E-state index is 4.52. The topological polar surface area (TPSA) is 49.8 Å². The van der Waals surface area contributed by atoms with Crippen LogP contribution in [-0.4, -0.2) is 16.5 Å². The maximum atomic E-state index is 4.52. The lowest BCUT2D eigenvalue weighted by atomic mass is 10.1.